The molecule has 0 radical (unpaired) electrons. The molecular weight excluding hydrogens is 238 g/mol. The molecule has 0 saturated heterocycles. The van der Waals surface area contributed by atoms with Gasteiger partial charge >= 0.3 is 0 Å². The number of aliphatic hydroxyl groups excluding tert-OH is 1. The van der Waals surface area contributed by atoms with Crippen LogP contribution in [-0.4, -0.2) is 35.6 Å². The predicted molar refractivity (Wildman–Crippen MR) is 76.8 cm³/mol. The van der Waals surface area contributed by atoms with E-state index in [1.807, 2.05) is 11.9 Å². The van der Waals surface area contributed by atoms with Crippen molar-refractivity contribution in [3.63, 3.8) is 0 Å². The number of carbonyl (C=O) groups excluding carboxylic acids is 1. The van der Waals surface area contributed by atoms with E-state index in [0.29, 0.717) is 30.4 Å². The summed E-state index contributed by atoms with van der Waals surface area (Å²) in [4.78, 5) is 14.3. The zero-order valence-corrected chi connectivity index (χ0v) is 12.3. The van der Waals surface area contributed by atoms with Gasteiger partial charge in [0.25, 0.3) is 0 Å². The molecule has 1 amide bonds. The smallest absolute Gasteiger partial charge is 0.222 e. The molecule has 19 heavy (non-hydrogen) atoms. The molecule has 0 heterocycles. The van der Waals surface area contributed by atoms with Crippen LogP contribution in [-0.2, 0) is 4.79 Å². The van der Waals surface area contributed by atoms with Crippen molar-refractivity contribution < 1.29 is 9.90 Å². The van der Waals surface area contributed by atoms with Crippen LogP contribution in [0.25, 0.3) is 0 Å². The van der Waals surface area contributed by atoms with Crippen molar-refractivity contribution in [2.45, 2.75) is 70.3 Å². The van der Waals surface area contributed by atoms with Gasteiger partial charge in [0, 0.05) is 26.1 Å². The van der Waals surface area contributed by atoms with Crippen LogP contribution in [0.5, 0.6) is 0 Å². The first-order chi connectivity index (χ1) is 9.20. The predicted octanol–water partition coefficient (Wildman–Crippen LogP) is 2.97. The third kappa shape index (κ3) is 4.20. The molecule has 2 fully saturated rings. The summed E-state index contributed by atoms with van der Waals surface area (Å²) in [6.45, 7) is 0.311. The van der Waals surface area contributed by atoms with Crippen molar-refractivity contribution >= 4 is 5.91 Å². The van der Waals surface area contributed by atoms with E-state index in [1.165, 1.54) is 38.5 Å². The number of amides is 1. The molecule has 1 N–H and O–H groups in total. The lowest BCUT2D eigenvalue weighted by atomic mass is 9.83. The summed E-state index contributed by atoms with van der Waals surface area (Å²) in [7, 11) is 1.99. The highest BCUT2D eigenvalue weighted by Crippen LogP contribution is 2.31. The van der Waals surface area contributed by atoms with Gasteiger partial charge in [0.15, 0.2) is 0 Å². The third-order valence-corrected chi connectivity index (χ3v) is 5.23. The minimum atomic E-state index is 0.311. The molecule has 2 saturated carbocycles. The van der Waals surface area contributed by atoms with E-state index in [2.05, 4.69) is 0 Å². The maximum Gasteiger partial charge on any atom is 0.222 e. The van der Waals surface area contributed by atoms with Gasteiger partial charge < -0.3 is 10.0 Å². The molecule has 3 nitrogen and oxygen atoms in total. The van der Waals surface area contributed by atoms with Crippen LogP contribution in [0.2, 0.25) is 0 Å². The molecule has 0 aromatic rings. The van der Waals surface area contributed by atoms with Crippen LogP contribution in [0, 0.1) is 11.8 Å². The first kappa shape index (κ1) is 14.8. The molecule has 0 aliphatic heterocycles. The Kier molecular flexibility index (Phi) is 5.68. The van der Waals surface area contributed by atoms with Crippen molar-refractivity contribution in [3.8, 4) is 0 Å². The highest BCUT2D eigenvalue weighted by atomic mass is 16.3. The number of hydrogen-bond donors (Lipinski definition) is 1. The van der Waals surface area contributed by atoms with Crippen molar-refractivity contribution in [1.82, 2.24) is 4.90 Å². The molecule has 2 rings (SSSR count). The van der Waals surface area contributed by atoms with E-state index < -0.39 is 0 Å². The fourth-order valence-corrected chi connectivity index (χ4v) is 3.81. The Morgan fingerprint density at radius 2 is 1.68 bits per heavy atom. The molecule has 0 spiro atoms. The number of nitrogens with zero attached hydrogens (tertiary/aromatic N) is 1. The van der Waals surface area contributed by atoms with Crippen molar-refractivity contribution in [1.29, 1.82) is 0 Å². The van der Waals surface area contributed by atoms with Gasteiger partial charge in [-0.05, 0) is 56.8 Å². The van der Waals surface area contributed by atoms with Gasteiger partial charge in [-0.3, -0.25) is 4.79 Å². The molecule has 2 aliphatic rings. The second kappa shape index (κ2) is 7.28. The van der Waals surface area contributed by atoms with Crippen molar-refractivity contribution in [2.24, 2.45) is 11.8 Å². The number of hydrogen-bond acceptors (Lipinski definition) is 2. The number of rotatable bonds is 5. The van der Waals surface area contributed by atoms with Gasteiger partial charge in [-0.2, -0.15) is 0 Å². The summed E-state index contributed by atoms with van der Waals surface area (Å²) in [6, 6.07) is 0.448. The first-order valence-corrected chi connectivity index (χ1v) is 8.07. The average molecular weight is 267 g/mol. The average Bonchev–Trinajstić information content (AvgIpc) is 2.92. The summed E-state index contributed by atoms with van der Waals surface area (Å²) < 4.78 is 0. The van der Waals surface area contributed by atoms with Crippen LogP contribution < -0.4 is 0 Å². The lowest BCUT2D eigenvalue weighted by Crippen LogP contribution is -2.40. The van der Waals surface area contributed by atoms with Crippen LogP contribution in [0.15, 0.2) is 0 Å². The second-order valence-corrected chi connectivity index (χ2v) is 6.55. The third-order valence-electron chi connectivity index (χ3n) is 5.23. The van der Waals surface area contributed by atoms with Gasteiger partial charge in [0.05, 0.1) is 0 Å². The van der Waals surface area contributed by atoms with E-state index in [-0.39, 0.29) is 0 Å². The Bertz CT molecular complexity index is 278. The summed E-state index contributed by atoms with van der Waals surface area (Å²) in [5.74, 6) is 1.69. The molecule has 0 atom stereocenters. The molecule has 3 heteroatoms. The fraction of sp³-hybridized carbons (Fsp3) is 0.938. The van der Waals surface area contributed by atoms with Gasteiger partial charge in [-0.15, -0.1) is 0 Å². The van der Waals surface area contributed by atoms with Crippen LogP contribution in [0.3, 0.4) is 0 Å². The van der Waals surface area contributed by atoms with Crippen molar-refractivity contribution in [2.75, 3.05) is 13.7 Å². The Morgan fingerprint density at radius 3 is 2.26 bits per heavy atom. The standard InChI is InChI=1S/C16H29NO2/c1-17(16(19)12-14-4-2-3-5-14)15-8-6-13(7-9-15)10-11-18/h13-15,18H,2-12H2,1H3. The minimum Gasteiger partial charge on any atom is -0.396 e. The molecule has 2 aliphatic carbocycles. The highest BCUT2D eigenvalue weighted by molar-refractivity contribution is 5.76. The lowest BCUT2D eigenvalue weighted by Gasteiger charge is -2.35. The monoisotopic (exact) mass is 267 g/mol. The molecular formula is C16H29NO2. The van der Waals surface area contributed by atoms with Gasteiger partial charge in [0.1, 0.15) is 0 Å². The largest absolute Gasteiger partial charge is 0.396 e. The zero-order chi connectivity index (χ0) is 13.7. The molecule has 0 unspecified atom stereocenters. The van der Waals surface area contributed by atoms with Crippen LogP contribution >= 0.6 is 0 Å². The Morgan fingerprint density at radius 1 is 1.05 bits per heavy atom. The van der Waals surface area contributed by atoms with E-state index >= 15 is 0 Å². The maximum atomic E-state index is 12.3. The molecule has 0 aromatic heterocycles. The topological polar surface area (TPSA) is 40.5 Å². The summed E-state index contributed by atoms with van der Waals surface area (Å²) in [6.07, 6.45) is 11.4. The minimum absolute atomic E-state index is 0.311. The molecule has 0 bridgehead atoms. The zero-order valence-electron chi connectivity index (χ0n) is 12.3. The molecule has 0 aromatic carbocycles. The Balaban J connectivity index is 1.73. The normalized spacial score (nSPS) is 28.5. The maximum absolute atomic E-state index is 12.3. The quantitative estimate of drug-likeness (QED) is 0.832. The van der Waals surface area contributed by atoms with E-state index in [1.54, 1.807) is 0 Å². The summed E-state index contributed by atoms with van der Waals surface area (Å²) in [5.41, 5.74) is 0. The SMILES string of the molecule is CN(C(=O)CC1CCCC1)C1CCC(CCO)CC1. The first-order valence-electron chi connectivity index (χ1n) is 8.07. The van der Waals surface area contributed by atoms with Crippen molar-refractivity contribution in [3.05, 3.63) is 0 Å². The van der Waals surface area contributed by atoms with E-state index in [9.17, 15) is 4.79 Å². The number of aliphatic hydroxyl groups is 1. The van der Waals surface area contributed by atoms with Crippen LogP contribution in [0.1, 0.15) is 64.2 Å². The van der Waals surface area contributed by atoms with Gasteiger partial charge in [0.2, 0.25) is 5.91 Å². The highest BCUT2D eigenvalue weighted by Gasteiger charge is 2.28. The summed E-state index contributed by atoms with van der Waals surface area (Å²) >= 11 is 0. The fourth-order valence-electron chi connectivity index (χ4n) is 3.81. The van der Waals surface area contributed by atoms with E-state index in [0.717, 1.165) is 25.7 Å². The second-order valence-electron chi connectivity index (χ2n) is 6.55. The number of carbonyl (C=O) groups is 1. The Hall–Kier alpha value is -0.570. The lowest BCUT2D eigenvalue weighted by molar-refractivity contribution is -0.133. The summed E-state index contributed by atoms with van der Waals surface area (Å²) in [5, 5.41) is 8.98. The van der Waals surface area contributed by atoms with Crippen LogP contribution in [0.4, 0.5) is 0 Å². The van der Waals surface area contributed by atoms with Gasteiger partial charge in [-0.25, -0.2) is 0 Å². The Labute approximate surface area is 117 Å². The van der Waals surface area contributed by atoms with E-state index in [4.69, 9.17) is 5.11 Å². The van der Waals surface area contributed by atoms with Gasteiger partial charge in [-0.1, -0.05) is 12.8 Å². The molecule has 110 valence electrons.